The zero-order chi connectivity index (χ0) is 22.2. The lowest BCUT2D eigenvalue weighted by Crippen LogP contribution is -2.55. The van der Waals surface area contributed by atoms with Gasteiger partial charge in [0.1, 0.15) is 11.9 Å². The molecular weight excluding hydrogens is 463 g/mol. The van der Waals surface area contributed by atoms with Crippen LogP contribution in [-0.4, -0.2) is 36.7 Å². The van der Waals surface area contributed by atoms with Crippen molar-refractivity contribution in [1.29, 1.82) is 0 Å². The number of amides is 1. The number of nitrogens with one attached hydrogen (secondary N) is 2. The van der Waals surface area contributed by atoms with Gasteiger partial charge in [0.15, 0.2) is 0 Å². The summed E-state index contributed by atoms with van der Waals surface area (Å²) in [5, 5.41) is 2.49. The summed E-state index contributed by atoms with van der Waals surface area (Å²) in [6.45, 7) is 0. The van der Waals surface area contributed by atoms with Gasteiger partial charge in [0.2, 0.25) is 5.91 Å². The molecule has 162 valence electrons. The Morgan fingerprint density at radius 2 is 2.13 bits per heavy atom. The SMILES string of the molecule is CN1[C@H](C(=O)Nc2ccc(F)c(Cl)c2)C[C@H](c2ccc(-c3cccnc3)s2)NS1(=O)=O. The number of carbonyl (C=O) groups excluding carboxylic acids is 1. The molecule has 4 rings (SSSR count). The fourth-order valence-electron chi connectivity index (χ4n) is 3.30. The maximum atomic E-state index is 13.4. The number of anilines is 1. The molecule has 2 aromatic heterocycles. The summed E-state index contributed by atoms with van der Waals surface area (Å²) >= 11 is 7.21. The van der Waals surface area contributed by atoms with Crippen molar-refractivity contribution in [2.75, 3.05) is 12.4 Å². The van der Waals surface area contributed by atoms with Crippen molar-refractivity contribution in [3.8, 4) is 10.4 Å². The maximum absolute atomic E-state index is 13.4. The van der Waals surface area contributed by atoms with Crippen molar-refractivity contribution in [3.05, 3.63) is 70.6 Å². The van der Waals surface area contributed by atoms with E-state index < -0.39 is 34.0 Å². The van der Waals surface area contributed by atoms with Gasteiger partial charge in [0.25, 0.3) is 10.2 Å². The van der Waals surface area contributed by atoms with E-state index in [1.165, 1.54) is 30.5 Å². The molecule has 7 nitrogen and oxygen atoms in total. The third-order valence-corrected chi connectivity index (χ3v) is 8.11. The lowest BCUT2D eigenvalue weighted by atomic mass is 10.1. The van der Waals surface area contributed by atoms with E-state index in [-0.39, 0.29) is 17.1 Å². The van der Waals surface area contributed by atoms with Gasteiger partial charge < -0.3 is 5.32 Å². The van der Waals surface area contributed by atoms with E-state index in [1.807, 2.05) is 24.3 Å². The predicted octanol–water partition coefficient (Wildman–Crippen LogP) is 3.82. The van der Waals surface area contributed by atoms with Gasteiger partial charge in [-0.2, -0.15) is 17.4 Å². The van der Waals surface area contributed by atoms with Crippen LogP contribution in [0.15, 0.2) is 54.9 Å². The second kappa shape index (κ2) is 8.64. The van der Waals surface area contributed by atoms with Crippen LogP contribution < -0.4 is 10.0 Å². The van der Waals surface area contributed by atoms with Gasteiger partial charge in [-0.15, -0.1) is 11.3 Å². The van der Waals surface area contributed by atoms with Crippen LogP contribution in [0.3, 0.4) is 0 Å². The molecule has 11 heteroatoms. The normalized spacial score (nSPS) is 21.0. The number of nitrogens with zero attached hydrogens (tertiary/aromatic N) is 2. The second-order valence-corrected chi connectivity index (χ2v) is 10.3. The van der Waals surface area contributed by atoms with Gasteiger partial charge in [-0.25, -0.2) is 4.39 Å². The first-order valence-corrected chi connectivity index (χ1v) is 11.9. The number of benzene rings is 1. The van der Waals surface area contributed by atoms with E-state index in [1.54, 1.807) is 12.4 Å². The minimum absolute atomic E-state index is 0.136. The lowest BCUT2D eigenvalue weighted by Gasteiger charge is -2.35. The average Bonchev–Trinajstić information content (AvgIpc) is 3.23. The first kappa shape index (κ1) is 21.8. The van der Waals surface area contributed by atoms with Gasteiger partial charge in [-0.1, -0.05) is 17.7 Å². The molecule has 2 N–H and O–H groups in total. The summed E-state index contributed by atoms with van der Waals surface area (Å²) in [4.78, 5) is 18.7. The monoisotopic (exact) mass is 480 g/mol. The Kier molecular flexibility index (Phi) is 6.09. The van der Waals surface area contributed by atoms with Crippen LogP contribution in [-0.2, 0) is 15.0 Å². The number of aromatic nitrogens is 1. The molecular formula is C20H18ClFN4O3S2. The molecule has 0 radical (unpaired) electrons. The lowest BCUT2D eigenvalue weighted by molar-refractivity contribution is -0.120. The second-order valence-electron chi connectivity index (χ2n) is 7.01. The van der Waals surface area contributed by atoms with E-state index in [4.69, 9.17) is 11.6 Å². The van der Waals surface area contributed by atoms with Crippen molar-refractivity contribution >= 4 is 44.7 Å². The molecule has 1 saturated heterocycles. The van der Waals surface area contributed by atoms with Crippen LogP contribution in [0, 0.1) is 5.82 Å². The average molecular weight is 481 g/mol. The third-order valence-electron chi connectivity index (χ3n) is 4.97. The van der Waals surface area contributed by atoms with Crippen LogP contribution in [0.25, 0.3) is 10.4 Å². The molecule has 3 aromatic rings. The Hall–Kier alpha value is -2.37. The Balaban J connectivity index is 1.57. The summed E-state index contributed by atoms with van der Waals surface area (Å²) in [5.74, 6) is -1.13. The first-order chi connectivity index (χ1) is 14.7. The maximum Gasteiger partial charge on any atom is 0.280 e. The van der Waals surface area contributed by atoms with Crippen LogP contribution in [0.5, 0.6) is 0 Å². The molecule has 1 aliphatic rings. The Morgan fingerprint density at radius 1 is 1.32 bits per heavy atom. The van der Waals surface area contributed by atoms with Crippen molar-refractivity contribution in [2.45, 2.75) is 18.5 Å². The molecule has 0 spiro atoms. The van der Waals surface area contributed by atoms with Crippen LogP contribution in [0.2, 0.25) is 5.02 Å². The van der Waals surface area contributed by atoms with E-state index in [9.17, 15) is 17.6 Å². The zero-order valence-corrected chi connectivity index (χ0v) is 18.6. The van der Waals surface area contributed by atoms with E-state index >= 15 is 0 Å². The fraction of sp³-hybridized carbons (Fsp3) is 0.200. The van der Waals surface area contributed by atoms with Crippen molar-refractivity contribution in [1.82, 2.24) is 14.0 Å². The number of halogens is 2. The van der Waals surface area contributed by atoms with Gasteiger partial charge in [0, 0.05) is 40.4 Å². The highest BCUT2D eigenvalue weighted by Gasteiger charge is 2.41. The Labute approximate surface area is 188 Å². The molecule has 0 saturated carbocycles. The number of carbonyl (C=O) groups is 1. The van der Waals surface area contributed by atoms with E-state index in [0.29, 0.717) is 0 Å². The zero-order valence-electron chi connectivity index (χ0n) is 16.2. The highest BCUT2D eigenvalue weighted by atomic mass is 35.5. The highest BCUT2D eigenvalue weighted by Crippen LogP contribution is 2.36. The van der Waals surface area contributed by atoms with Crippen molar-refractivity contribution < 1.29 is 17.6 Å². The fourth-order valence-corrected chi connectivity index (χ4v) is 5.88. The molecule has 0 bridgehead atoms. The van der Waals surface area contributed by atoms with Crippen molar-refractivity contribution in [2.24, 2.45) is 0 Å². The predicted molar refractivity (Wildman–Crippen MR) is 119 cm³/mol. The highest BCUT2D eigenvalue weighted by molar-refractivity contribution is 7.87. The van der Waals surface area contributed by atoms with E-state index in [2.05, 4.69) is 15.0 Å². The molecule has 31 heavy (non-hydrogen) atoms. The summed E-state index contributed by atoms with van der Waals surface area (Å²) in [5.41, 5.74) is 1.21. The van der Waals surface area contributed by atoms with Gasteiger partial charge in [-0.05, 0) is 42.8 Å². The molecule has 0 aliphatic carbocycles. The van der Waals surface area contributed by atoms with Crippen molar-refractivity contribution in [3.63, 3.8) is 0 Å². The topological polar surface area (TPSA) is 91.4 Å². The molecule has 1 aliphatic heterocycles. The smallest absolute Gasteiger partial charge is 0.280 e. The summed E-state index contributed by atoms with van der Waals surface area (Å²) in [6.07, 6.45) is 3.64. The Morgan fingerprint density at radius 3 is 2.84 bits per heavy atom. The van der Waals surface area contributed by atoms with Gasteiger partial charge in [-0.3, -0.25) is 9.78 Å². The number of hydrogen-bond donors (Lipinski definition) is 2. The largest absolute Gasteiger partial charge is 0.325 e. The standard InChI is InChI=1S/C20H18ClFN4O3S2/c1-26-17(20(27)24-13-4-5-15(22)14(21)9-13)10-16(25-31(26,28)29)19-7-6-18(30-19)12-3-2-8-23-11-12/h2-9,11,16-17,25H,10H2,1H3,(H,24,27)/t16-,17+/m1/s1. The van der Waals surface area contributed by atoms with Crippen LogP contribution >= 0.6 is 22.9 Å². The molecule has 1 fully saturated rings. The van der Waals surface area contributed by atoms with Gasteiger partial charge in [0.05, 0.1) is 11.1 Å². The number of pyridine rings is 1. The quantitative estimate of drug-likeness (QED) is 0.593. The molecule has 1 amide bonds. The van der Waals surface area contributed by atoms with Crippen LogP contribution in [0.4, 0.5) is 10.1 Å². The van der Waals surface area contributed by atoms with E-state index in [0.717, 1.165) is 25.7 Å². The number of likely N-dealkylation sites (N-methyl/N-ethyl adjacent to an activating group) is 1. The van der Waals surface area contributed by atoms with Gasteiger partial charge >= 0.3 is 0 Å². The number of rotatable bonds is 4. The minimum atomic E-state index is -3.88. The number of thiophene rings is 1. The summed E-state index contributed by atoms with van der Waals surface area (Å²) < 4.78 is 42.3. The molecule has 1 aromatic carbocycles. The summed E-state index contributed by atoms with van der Waals surface area (Å²) in [6, 6.07) is 9.76. The molecule has 3 heterocycles. The van der Waals surface area contributed by atoms with Crippen LogP contribution in [0.1, 0.15) is 17.3 Å². The molecule has 2 atom stereocenters. The summed E-state index contributed by atoms with van der Waals surface area (Å²) in [7, 11) is -2.54. The minimum Gasteiger partial charge on any atom is -0.325 e. The first-order valence-electron chi connectivity index (χ1n) is 9.26. The Bertz CT molecular complexity index is 1220. The number of hydrogen-bond acceptors (Lipinski definition) is 5. The third kappa shape index (κ3) is 4.63. The molecule has 0 unspecified atom stereocenters.